The highest BCUT2D eigenvalue weighted by Crippen LogP contribution is 2.32. The Morgan fingerprint density at radius 1 is 1.29 bits per heavy atom. The van der Waals surface area contributed by atoms with Gasteiger partial charge < -0.3 is 14.5 Å². The molecule has 0 unspecified atom stereocenters. The number of hydrogen-bond acceptors (Lipinski definition) is 3. The Morgan fingerprint density at radius 2 is 2.07 bits per heavy atom. The number of likely N-dealkylation sites (tertiary alicyclic amines) is 1. The Kier molecular flexibility index (Phi) is 4.96. The molecule has 148 valence electrons. The number of nitrogens with zero attached hydrogens (tertiary/aromatic N) is 4. The van der Waals surface area contributed by atoms with Gasteiger partial charge in [-0.05, 0) is 49.9 Å². The summed E-state index contributed by atoms with van der Waals surface area (Å²) in [6.45, 7) is 9.95. The largest absolute Gasteiger partial charge is 0.340 e. The predicted octanol–water partition coefficient (Wildman–Crippen LogP) is 4.25. The number of benzene rings is 1. The van der Waals surface area contributed by atoms with Crippen LogP contribution < -0.4 is 0 Å². The van der Waals surface area contributed by atoms with Crippen LogP contribution in [-0.4, -0.2) is 36.9 Å². The predicted molar refractivity (Wildman–Crippen MR) is 110 cm³/mol. The third-order valence-electron chi connectivity index (χ3n) is 5.84. The smallest absolute Gasteiger partial charge is 0.224 e. The summed E-state index contributed by atoms with van der Waals surface area (Å²) < 4.78 is 2.10. The number of amides is 1. The second-order valence-corrected chi connectivity index (χ2v) is 8.20. The maximum absolute atomic E-state index is 13.0. The lowest BCUT2D eigenvalue weighted by Gasteiger charge is -2.23. The van der Waals surface area contributed by atoms with Gasteiger partial charge in [0.15, 0.2) is 0 Å². The molecule has 1 amide bonds. The zero-order valence-corrected chi connectivity index (χ0v) is 17.2. The molecule has 1 aliphatic rings. The van der Waals surface area contributed by atoms with Gasteiger partial charge in [0, 0.05) is 37.8 Å². The number of carbonyl (C=O) groups is 1. The molecule has 6 heteroatoms. The molecule has 2 aromatic heterocycles. The molecule has 6 nitrogen and oxygen atoms in total. The Labute approximate surface area is 166 Å². The van der Waals surface area contributed by atoms with E-state index in [4.69, 9.17) is 4.98 Å². The molecule has 0 aliphatic carbocycles. The fourth-order valence-electron chi connectivity index (χ4n) is 4.17. The van der Waals surface area contributed by atoms with Gasteiger partial charge >= 0.3 is 0 Å². The van der Waals surface area contributed by atoms with Crippen LogP contribution in [0.15, 0.2) is 24.5 Å². The van der Waals surface area contributed by atoms with Crippen molar-refractivity contribution in [1.29, 1.82) is 0 Å². The van der Waals surface area contributed by atoms with E-state index >= 15 is 0 Å². The number of H-pyrrole nitrogens is 1. The summed E-state index contributed by atoms with van der Waals surface area (Å²) in [7, 11) is 0. The highest BCUT2D eigenvalue weighted by Gasteiger charge is 2.32. The molecule has 0 saturated carbocycles. The Morgan fingerprint density at radius 3 is 2.86 bits per heavy atom. The highest BCUT2D eigenvalue weighted by atomic mass is 16.2. The number of aryl methyl sites for hydroxylation is 3. The van der Waals surface area contributed by atoms with Crippen molar-refractivity contribution in [1.82, 2.24) is 24.4 Å². The van der Waals surface area contributed by atoms with Gasteiger partial charge in [0.2, 0.25) is 5.91 Å². The lowest BCUT2D eigenvalue weighted by molar-refractivity contribution is -0.132. The molecule has 28 heavy (non-hydrogen) atoms. The number of aromatic nitrogens is 4. The van der Waals surface area contributed by atoms with Crippen molar-refractivity contribution in [2.75, 3.05) is 6.54 Å². The van der Waals surface area contributed by atoms with E-state index in [0.717, 1.165) is 42.1 Å². The molecular formula is C22H29N5O. The van der Waals surface area contributed by atoms with Gasteiger partial charge in [-0.2, -0.15) is 0 Å². The zero-order chi connectivity index (χ0) is 19.8. The van der Waals surface area contributed by atoms with Gasteiger partial charge in [-0.3, -0.25) is 4.79 Å². The van der Waals surface area contributed by atoms with Crippen molar-refractivity contribution in [2.24, 2.45) is 0 Å². The second-order valence-electron chi connectivity index (χ2n) is 8.20. The number of fused-ring (bicyclic) bond motifs is 1. The number of nitrogens with one attached hydrogen (secondary N) is 1. The zero-order valence-electron chi connectivity index (χ0n) is 17.2. The first-order chi connectivity index (χ1) is 13.4. The van der Waals surface area contributed by atoms with Crippen LogP contribution in [0.4, 0.5) is 0 Å². The van der Waals surface area contributed by atoms with E-state index in [2.05, 4.69) is 54.4 Å². The number of imidazole rings is 2. The molecule has 3 heterocycles. The van der Waals surface area contributed by atoms with Gasteiger partial charge in [-0.1, -0.05) is 13.8 Å². The Bertz CT molecular complexity index is 961. The van der Waals surface area contributed by atoms with E-state index in [-0.39, 0.29) is 11.9 Å². The van der Waals surface area contributed by atoms with Crippen molar-refractivity contribution < 1.29 is 4.79 Å². The number of rotatable bonds is 5. The summed E-state index contributed by atoms with van der Waals surface area (Å²) in [4.78, 5) is 27.7. The van der Waals surface area contributed by atoms with E-state index in [1.165, 1.54) is 11.1 Å². The van der Waals surface area contributed by atoms with Crippen LogP contribution in [0.1, 0.15) is 67.8 Å². The highest BCUT2D eigenvalue weighted by molar-refractivity contribution is 5.79. The van der Waals surface area contributed by atoms with Crippen molar-refractivity contribution in [2.45, 2.75) is 65.5 Å². The van der Waals surface area contributed by atoms with Crippen molar-refractivity contribution in [3.05, 3.63) is 47.3 Å². The van der Waals surface area contributed by atoms with Gasteiger partial charge in [0.05, 0.1) is 17.1 Å². The van der Waals surface area contributed by atoms with Gasteiger partial charge in [-0.15, -0.1) is 0 Å². The maximum atomic E-state index is 13.0. The van der Waals surface area contributed by atoms with Crippen LogP contribution in [-0.2, 0) is 11.3 Å². The first-order valence-electron chi connectivity index (χ1n) is 10.2. The molecule has 1 atom stereocenters. The molecule has 1 saturated heterocycles. The third-order valence-corrected chi connectivity index (χ3v) is 5.84. The first-order valence-corrected chi connectivity index (χ1v) is 10.2. The topological polar surface area (TPSA) is 66.8 Å². The summed E-state index contributed by atoms with van der Waals surface area (Å²) in [6, 6.07) is 4.32. The maximum Gasteiger partial charge on any atom is 0.224 e. The summed E-state index contributed by atoms with van der Waals surface area (Å²) in [5.74, 6) is 2.50. The molecule has 4 rings (SSSR count). The van der Waals surface area contributed by atoms with Gasteiger partial charge in [0.1, 0.15) is 11.6 Å². The van der Waals surface area contributed by atoms with E-state index in [0.29, 0.717) is 18.9 Å². The van der Waals surface area contributed by atoms with Gasteiger partial charge in [0.25, 0.3) is 0 Å². The van der Waals surface area contributed by atoms with Crippen molar-refractivity contribution in [3.8, 4) is 0 Å². The van der Waals surface area contributed by atoms with E-state index in [1.807, 2.05) is 17.3 Å². The van der Waals surface area contributed by atoms with E-state index in [9.17, 15) is 4.79 Å². The second kappa shape index (κ2) is 7.41. The van der Waals surface area contributed by atoms with Gasteiger partial charge in [-0.25, -0.2) is 9.97 Å². The number of hydrogen-bond donors (Lipinski definition) is 1. The van der Waals surface area contributed by atoms with E-state index < -0.39 is 0 Å². The average Bonchev–Trinajstić information content (AvgIpc) is 3.38. The third kappa shape index (κ3) is 3.43. The molecule has 0 bridgehead atoms. The van der Waals surface area contributed by atoms with Crippen LogP contribution in [0, 0.1) is 13.8 Å². The molecule has 1 aromatic carbocycles. The van der Waals surface area contributed by atoms with Crippen molar-refractivity contribution >= 4 is 16.9 Å². The minimum atomic E-state index is 0.0490. The van der Waals surface area contributed by atoms with Crippen LogP contribution in [0.3, 0.4) is 0 Å². The monoisotopic (exact) mass is 379 g/mol. The molecule has 3 aromatic rings. The lowest BCUT2D eigenvalue weighted by Crippen LogP contribution is -2.31. The number of carbonyl (C=O) groups excluding carboxylic acids is 1. The normalized spacial score (nSPS) is 17.2. The Balaban J connectivity index is 1.50. The summed E-state index contributed by atoms with van der Waals surface area (Å²) in [6.07, 6.45) is 6.26. The fraction of sp³-hybridized carbons (Fsp3) is 0.500. The molecule has 1 fully saturated rings. The molecule has 1 aliphatic heterocycles. The summed E-state index contributed by atoms with van der Waals surface area (Å²) in [5, 5.41) is 0. The molecule has 0 radical (unpaired) electrons. The number of aromatic amines is 1. The summed E-state index contributed by atoms with van der Waals surface area (Å²) in [5.41, 5.74) is 4.53. The Hall–Kier alpha value is -2.63. The van der Waals surface area contributed by atoms with E-state index in [1.54, 1.807) is 0 Å². The first kappa shape index (κ1) is 18.7. The minimum absolute atomic E-state index is 0.0490. The summed E-state index contributed by atoms with van der Waals surface area (Å²) >= 11 is 0. The van der Waals surface area contributed by atoms with Crippen LogP contribution in [0.2, 0.25) is 0 Å². The SMILES string of the molecule is Cc1cc2nc([C@H]3CCCN3C(=O)CCn3ccnc3C(C)C)[nH]c2cc1C. The molecular weight excluding hydrogens is 350 g/mol. The van der Waals surface area contributed by atoms with Crippen molar-refractivity contribution in [3.63, 3.8) is 0 Å². The van der Waals surface area contributed by atoms with Crippen LogP contribution >= 0.6 is 0 Å². The molecule has 1 N–H and O–H groups in total. The van der Waals surface area contributed by atoms with Crippen LogP contribution in [0.5, 0.6) is 0 Å². The molecule has 0 spiro atoms. The standard InChI is InChI=1S/C22H29N5O/c1-14(2)22-23-8-11-26(22)10-7-20(28)27-9-5-6-19(27)21-24-17-12-15(3)16(4)13-18(17)25-21/h8,11-14,19H,5-7,9-10H2,1-4H3,(H,24,25)/t19-/m1/s1. The van der Waals surface area contributed by atoms with Crippen LogP contribution in [0.25, 0.3) is 11.0 Å². The fourth-order valence-corrected chi connectivity index (χ4v) is 4.17. The lowest BCUT2D eigenvalue weighted by atomic mass is 10.1. The average molecular weight is 380 g/mol. The quantitative estimate of drug-likeness (QED) is 0.720. The minimum Gasteiger partial charge on any atom is -0.340 e.